The van der Waals surface area contributed by atoms with Crippen molar-refractivity contribution in [2.75, 3.05) is 0 Å². The largest absolute Gasteiger partial charge is 0.444 e. The first-order valence-corrected chi connectivity index (χ1v) is 6.01. The van der Waals surface area contributed by atoms with Crippen LogP contribution in [-0.4, -0.2) is 40.2 Å². The normalized spacial score (nSPS) is 17.1. The van der Waals surface area contributed by atoms with Crippen LogP contribution < -0.4 is 5.32 Å². The molecule has 0 aromatic carbocycles. The molecular formula is C12H25NO4. The SMILES string of the molecule is CC[C@@H](C[C@@H](O)[C@@H](C)O)NC(=O)OC(C)(C)C. The Morgan fingerprint density at radius 1 is 1.35 bits per heavy atom. The molecule has 0 rings (SSSR count). The van der Waals surface area contributed by atoms with E-state index in [0.717, 1.165) is 0 Å². The van der Waals surface area contributed by atoms with Gasteiger partial charge in [0.1, 0.15) is 5.60 Å². The summed E-state index contributed by atoms with van der Waals surface area (Å²) in [6.07, 6.45) is -1.15. The standard InChI is InChI=1S/C12H25NO4/c1-6-9(7-10(15)8(2)14)13-11(16)17-12(3,4)5/h8-10,14-15H,6-7H2,1-5H3,(H,13,16)/t8-,9+,10-/m1/s1. The first-order valence-electron chi connectivity index (χ1n) is 6.01. The fraction of sp³-hybridized carbons (Fsp3) is 0.917. The molecule has 0 aromatic rings. The molecule has 0 spiro atoms. The molecule has 3 N–H and O–H groups in total. The number of aliphatic hydroxyl groups is 2. The molecular weight excluding hydrogens is 222 g/mol. The van der Waals surface area contributed by atoms with Crippen LogP contribution in [0.3, 0.4) is 0 Å². The number of carbonyl (C=O) groups excluding carboxylic acids is 1. The first-order chi connectivity index (χ1) is 7.65. The summed E-state index contributed by atoms with van der Waals surface area (Å²) in [6, 6.07) is -0.200. The lowest BCUT2D eigenvalue weighted by Crippen LogP contribution is -2.41. The van der Waals surface area contributed by atoms with E-state index in [2.05, 4.69) is 5.32 Å². The minimum atomic E-state index is -0.838. The molecule has 0 radical (unpaired) electrons. The maximum absolute atomic E-state index is 11.5. The van der Waals surface area contributed by atoms with E-state index in [-0.39, 0.29) is 6.04 Å². The number of hydrogen-bond acceptors (Lipinski definition) is 4. The zero-order valence-electron chi connectivity index (χ0n) is 11.4. The number of nitrogens with one attached hydrogen (secondary N) is 1. The molecule has 5 heteroatoms. The van der Waals surface area contributed by atoms with E-state index in [1.54, 1.807) is 20.8 Å². The summed E-state index contributed by atoms with van der Waals surface area (Å²) in [5.74, 6) is 0. The fourth-order valence-corrected chi connectivity index (χ4v) is 1.29. The molecule has 5 nitrogen and oxygen atoms in total. The molecule has 0 saturated carbocycles. The molecule has 0 fully saturated rings. The fourth-order valence-electron chi connectivity index (χ4n) is 1.29. The van der Waals surface area contributed by atoms with E-state index in [0.29, 0.717) is 12.8 Å². The van der Waals surface area contributed by atoms with Crippen LogP contribution in [0.5, 0.6) is 0 Å². The van der Waals surface area contributed by atoms with E-state index in [9.17, 15) is 15.0 Å². The number of alkyl carbamates (subject to hydrolysis) is 1. The van der Waals surface area contributed by atoms with Crippen LogP contribution in [0.4, 0.5) is 4.79 Å². The molecule has 17 heavy (non-hydrogen) atoms. The van der Waals surface area contributed by atoms with Gasteiger partial charge >= 0.3 is 6.09 Å². The Morgan fingerprint density at radius 2 is 1.88 bits per heavy atom. The van der Waals surface area contributed by atoms with Crippen molar-refractivity contribution in [3.63, 3.8) is 0 Å². The molecule has 1 amide bonds. The highest BCUT2D eigenvalue weighted by Crippen LogP contribution is 2.10. The zero-order chi connectivity index (χ0) is 13.6. The predicted octanol–water partition coefficient (Wildman–Crippen LogP) is 1.42. The maximum Gasteiger partial charge on any atom is 0.407 e. The molecule has 3 atom stereocenters. The van der Waals surface area contributed by atoms with Crippen molar-refractivity contribution in [2.24, 2.45) is 0 Å². The van der Waals surface area contributed by atoms with Crippen molar-refractivity contribution in [3.8, 4) is 0 Å². The second kappa shape index (κ2) is 6.81. The minimum Gasteiger partial charge on any atom is -0.444 e. The van der Waals surface area contributed by atoms with Gasteiger partial charge in [-0.3, -0.25) is 0 Å². The average Bonchev–Trinajstić information content (AvgIpc) is 2.13. The minimum absolute atomic E-state index is 0.200. The monoisotopic (exact) mass is 247 g/mol. The van der Waals surface area contributed by atoms with Gasteiger partial charge in [0.25, 0.3) is 0 Å². The second-order valence-corrected chi connectivity index (χ2v) is 5.30. The van der Waals surface area contributed by atoms with Gasteiger partial charge in [-0.15, -0.1) is 0 Å². The second-order valence-electron chi connectivity index (χ2n) is 5.30. The topological polar surface area (TPSA) is 78.8 Å². The number of carbonyl (C=O) groups is 1. The molecule has 0 bridgehead atoms. The maximum atomic E-state index is 11.5. The van der Waals surface area contributed by atoms with Gasteiger partial charge in [0.2, 0.25) is 0 Å². The van der Waals surface area contributed by atoms with Crippen molar-refractivity contribution in [1.29, 1.82) is 0 Å². The lowest BCUT2D eigenvalue weighted by atomic mass is 10.0. The molecule has 0 heterocycles. The average molecular weight is 247 g/mol. The van der Waals surface area contributed by atoms with Gasteiger partial charge in [0.15, 0.2) is 0 Å². The summed E-state index contributed by atoms with van der Waals surface area (Å²) in [7, 11) is 0. The lowest BCUT2D eigenvalue weighted by Gasteiger charge is -2.25. The summed E-state index contributed by atoms with van der Waals surface area (Å²) in [4.78, 5) is 11.5. The summed E-state index contributed by atoms with van der Waals surface area (Å²) in [6.45, 7) is 8.79. The van der Waals surface area contributed by atoms with Crippen LogP contribution in [-0.2, 0) is 4.74 Å². The van der Waals surface area contributed by atoms with Gasteiger partial charge in [-0.1, -0.05) is 6.92 Å². The number of rotatable bonds is 5. The third kappa shape index (κ3) is 7.99. The van der Waals surface area contributed by atoms with Gasteiger partial charge in [-0.2, -0.15) is 0 Å². The molecule has 102 valence electrons. The Hall–Kier alpha value is -0.810. The highest BCUT2D eigenvalue weighted by molar-refractivity contribution is 5.68. The molecule has 0 unspecified atom stereocenters. The van der Waals surface area contributed by atoms with E-state index < -0.39 is 23.9 Å². The molecule has 0 aromatic heterocycles. The number of amides is 1. The van der Waals surface area contributed by atoms with E-state index in [4.69, 9.17) is 4.74 Å². The van der Waals surface area contributed by atoms with E-state index in [1.165, 1.54) is 6.92 Å². The molecule has 0 aliphatic heterocycles. The van der Waals surface area contributed by atoms with Gasteiger partial charge in [0.05, 0.1) is 12.2 Å². The Balaban J connectivity index is 4.17. The van der Waals surface area contributed by atoms with Crippen LogP contribution in [0.25, 0.3) is 0 Å². The lowest BCUT2D eigenvalue weighted by molar-refractivity contribution is 0.0159. The van der Waals surface area contributed by atoms with Crippen LogP contribution in [0.15, 0.2) is 0 Å². The van der Waals surface area contributed by atoms with E-state index >= 15 is 0 Å². The van der Waals surface area contributed by atoms with Gasteiger partial charge in [0, 0.05) is 6.04 Å². The summed E-state index contributed by atoms with van der Waals surface area (Å²) in [5.41, 5.74) is -0.536. The number of aliphatic hydroxyl groups excluding tert-OH is 2. The number of ether oxygens (including phenoxy) is 1. The Kier molecular flexibility index (Phi) is 6.49. The van der Waals surface area contributed by atoms with Crippen molar-refractivity contribution in [3.05, 3.63) is 0 Å². The van der Waals surface area contributed by atoms with Gasteiger partial charge in [-0.05, 0) is 40.5 Å². The molecule has 0 saturated heterocycles. The number of hydrogen-bond donors (Lipinski definition) is 3. The zero-order valence-corrected chi connectivity index (χ0v) is 11.4. The van der Waals surface area contributed by atoms with Crippen LogP contribution in [0.2, 0.25) is 0 Å². The summed E-state index contributed by atoms with van der Waals surface area (Å²) in [5, 5.41) is 21.4. The Labute approximate surface area is 103 Å². The first kappa shape index (κ1) is 16.2. The highest BCUT2D eigenvalue weighted by atomic mass is 16.6. The van der Waals surface area contributed by atoms with Crippen molar-refractivity contribution >= 4 is 6.09 Å². The van der Waals surface area contributed by atoms with Crippen LogP contribution in [0, 0.1) is 0 Å². The van der Waals surface area contributed by atoms with Crippen molar-refractivity contribution < 1.29 is 19.7 Å². The van der Waals surface area contributed by atoms with Gasteiger partial charge in [-0.25, -0.2) is 4.79 Å². The summed E-state index contributed by atoms with van der Waals surface area (Å²) >= 11 is 0. The predicted molar refractivity (Wildman–Crippen MR) is 65.8 cm³/mol. The van der Waals surface area contributed by atoms with Crippen LogP contribution in [0.1, 0.15) is 47.5 Å². The van der Waals surface area contributed by atoms with Crippen LogP contribution >= 0.6 is 0 Å². The van der Waals surface area contributed by atoms with Crippen molar-refractivity contribution in [2.45, 2.75) is 71.3 Å². The Morgan fingerprint density at radius 3 is 2.24 bits per heavy atom. The Bertz CT molecular complexity index is 235. The third-order valence-electron chi connectivity index (χ3n) is 2.30. The van der Waals surface area contributed by atoms with E-state index in [1.807, 2.05) is 6.92 Å². The summed E-state index contributed by atoms with van der Waals surface area (Å²) < 4.78 is 5.12. The van der Waals surface area contributed by atoms with Crippen molar-refractivity contribution in [1.82, 2.24) is 5.32 Å². The van der Waals surface area contributed by atoms with Gasteiger partial charge < -0.3 is 20.3 Å². The highest BCUT2D eigenvalue weighted by Gasteiger charge is 2.21. The smallest absolute Gasteiger partial charge is 0.407 e. The quantitative estimate of drug-likeness (QED) is 0.686. The third-order valence-corrected chi connectivity index (χ3v) is 2.30. The molecule has 0 aliphatic rings. The molecule has 0 aliphatic carbocycles.